The van der Waals surface area contributed by atoms with Crippen LogP contribution >= 0.6 is 0 Å². The van der Waals surface area contributed by atoms with Gasteiger partial charge < -0.3 is 10.5 Å². The summed E-state index contributed by atoms with van der Waals surface area (Å²) < 4.78 is 5.24. The van der Waals surface area contributed by atoms with Crippen molar-refractivity contribution in [1.29, 1.82) is 0 Å². The highest BCUT2D eigenvalue weighted by molar-refractivity contribution is 5.90. The van der Waals surface area contributed by atoms with E-state index in [1.165, 1.54) is 0 Å². The third kappa shape index (κ3) is 2.78. The van der Waals surface area contributed by atoms with Crippen LogP contribution in [0, 0.1) is 0 Å². The van der Waals surface area contributed by atoms with Gasteiger partial charge in [-0.05, 0) is 32.4 Å². The van der Waals surface area contributed by atoms with E-state index in [1.54, 1.807) is 6.07 Å². The summed E-state index contributed by atoms with van der Waals surface area (Å²) in [5.74, 6) is -0.410. The largest absolute Gasteiger partial charge is 0.461 e. The summed E-state index contributed by atoms with van der Waals surface area (Å²) in [5.41, 5.74) is 6.39. The first-order chi connectivity index (χ1) is 10.0. The minimum atomic E-state index is -0.529. The lowest BCUT2D eigenvalue weighted by atomic mass is 9.93. The van der Waals surface area contributed by atoms with E-state index in [4.69, 9.17) is 10.5 Å². The molecular formula is C14H20N4O3. The monoisotopic (exact) mass is 292 g/mol. The second-order valence-electron chi connectivity index (χ2n) is 5.91. The smallest absolute Gasteiger partial charge is 0.323 e. The molecule has 0 radical (unpaired) electrons. The summed E-state index contributed by atoms with van der Waals surface area (Å²) >= 11 is 0. The van der Waals surface area contributed by atoms with Crippen molar-refractivity contribution in [2.75, 3.05) is 13.1 Å². The Balaban J connectivity index is 1.70. The number of cyclic esters (lactones) is 1. The van der Waals surface area contributed by atoms with Crippen molar-refractivity contribution in [3.8, 4) is 0 Å². The van der Waals surface area contributed by atoms with E-state index in [0.717, 1.165) is 38.0 Å². The molecule has 0 saturated carbocycles. The number of aromatic nitrogens is 2. The second kappa shape index (κ2) is 5.48. The van der Waals surface area contributed by atoms with Gasteiger partial charge in [-0.1, -0.05) is 0 Å². The quantitative estimate of drug-likeness (QED) is 0.785. The minimum absolute atomic E-state index is 0.00325. The molecule has 2 fully saturated rings. The average molecular weight is 292 g/mol. The van der Waals surface area contributed by atoms with Gasteiger partial charge in [-0.15, -0.1) is 0 Å². The molecule has 1 amide bonds. The zero-order valence-corrected chi connectivity index (χ0v) is 12.0. The molecule has 3 N–H and O–H groups in total. The van der Waals surface area contributed by atoms with Crippen LogP contribution in [-0.4, -0.2) is 52.2 Å². The molecule has 0 aliphatic carbocycles. The van der Waals surface area contributed by atoms with Crippen LogP contribution < -0.4 is 5.73 Å². The summed E-state index contributed by atoms with van der Waals surface area (Å²) in [4.78, 5) is 25.2. The first kappa shape index (κ1) is 14.1. The molecule has 0 spiro atoms. The maximum Gasteiger partial charge on any atom is 0.323 e. The number of nitrogens with one attached hydrogen (secondary N) is 1. The molecule has 1 aromatic rings. The number of ether oxygens (including phenoxy) is 1. The maximum absolute atomic E-state index is 11.9. The van der Waals surface area contributed by atoms with Crippen molar-refractivity contribution in [2.45, 2.75) is 44.2 Å². The first-order valence-corrected chi connectivity index (χ1v) is 7.34. The van der Waals surface area contributed by atoms with Crippen molar-refractivity contribution in [3.63, 3.8) is 0 Å². The summed E-state index contributed by atoms with van der Waals surface area (Å²) in [6.07, 6.45) is 2.76. The Morgan fingerprint density at radius 1 is 1.57 bits per heavy atom. The van der Waals surface area contributed by atoms with E-state index in [2.05, 4.69) is 15.1 Å². The fraction of sp³-hybridized carbons (Fsp3) is 0.643. The van der Waals surface area contributed by atoms with Crippen LogP contribution in [0.3, 0.4) is 0 Å². The number of hydrogen-bond donors (Lipinski definition) is 2. The lowest BCUT2D eigenvalue weighted by molar-refractivity contribution is -0.145. The molecule has 114 valence electrons. The number of rotatable bonds is 3. The summed E-state index contributed by atoms with van der Waals surface area (Å²) in [6.45, 7) is 3.60. The number of likely N-dealkylation sites (tertiary alicyclic amines) is 1. The molecule has 2 aliphatic heterocycles. The number of esters is 1. The van der Waals surface area contributed by atoms with E-state index in [9.17, 15) is 9.59 Å². The van der Waals surface area contributed by atoms with Crippen LogP contribution in [-0.2, 0) is 9.53 Å². The van der Waals surface area contributed by atoms with Gasteiger partial charge in [0.05, 0.1) is 0 Å². The molecule has 3 atom stereocenters. The van der Waals surface area contributed by atoms with Crippen molar-refractivity contribution in [2.24, 2.45) is 5.73 Å². The zero-order chi connectivity index (χ0) is 15.0. The van der Waals surface area contributed by atoms with E-state index in [0.29, 0.717) is 0 Å². The molecule has 7 nitrogen and oxygen atoms in total. The fourth-order valence-electron chi connectivity index (χ4n) is 3.25. The first-order valence-electron chi connectivity index (χ1n) is 7.34. The highest BCUT2D eigenvalue weighted by atomic mass is 16.6. The van der Waals surface area contributed by atoms with Crippen LogP contribution in [0.25, 0.3) is 0 Å². The molecule has 21 heavy (non-hydrogen) atoms. The lowest BCUT2D eigenvalue weighted by Gasteiger charge is -2.34. The van der Waals surface area contributed by atoms with Crippen LogP contribution in [0.2, 0.25) is 0 Å². The highest BCUT2D eigenvalue weighted by Crippen LogP contribution is 2.30. The number of nitrogens with two attached hydrogens (primary N) is 1. The van der Waals surface area contributed by atoms with Crippen LogP contribution in [0.15, 0.2) is 6.07 Å². The van der Waals surface area contributed by atoms with Crippen molar-refractivity contribution < 1.29 is 14.3 Å². The van der Waals surface area contributed by atoms with Gasteiger partial charge in [0.1, 0.15) is 17.8 Å². The minimum Gasteiger partial charge on any atom is -0.461 e. The maximum atomic E-state index is 11.9. The van der Waals surface area contributed by atoms with Gasteiger partial charge in [0, 0.05) is 24.6 Å². The van der Waals surface area contributed by atoms with Gasteiger partial charge in [-0.3, -0.25) is 19.6 Å². The van der Waals surface area contributed by atoms with Gasteiger partial charge in [-0.2, -0.15) is 5.10 Å². The number of amides is 1. The number of H-pyrrole nitrogens is 1. The number of aromatic amines is 1. The molecule has 3 heterocycles. The third-order valence-corrected chi connectivity index (χ3v) is 4.33. The van der Waals surface area contributed by atoms with Crippen molar-refractivity contribution in [1.82, 2.24) is 15.1 Å². The van der Waals surface area contributed by atoms with Gasteiger partial charge in [0.2, 0.25) is 0 Å². The lowest BCUT2D eigenvalue weighted by Crippen LogP contribution is -2.44. The summed E-state index contributed by atoms with van der Waals surface area (Å²) in [7, 11) is 0. The van der Waals surface area contributed by atoms with Gasteiger partial charge in [-0.25, -0.2) is 0 Å². The number of carbonyl (C=O) groups excluding carboxylic acids is 2. The molecule has 7 heteroatoms. The van der Waals surface area contributed by atoms with Crippen LogP contribution in [0.5, 0.6) is 0 Å². The normalized spacial score (nSPS) is 30.3. The topological polar surface area (TPSA) is 101 Å². The van der Waals surface area contributed by atoms with Crippen LogP contribution in [0.4, 0.5) is 0 Å². The number of primary amides is 1. The molecule has 0 bridgehead atoms. The summed E-state index contributed by atoms with van der Waals surface area (Å²) in [6, 6.07) is 1.58. The molecular weight excluding hydrogens is 272 g/mol. The Labute approximate surface area is 122 Å². The fourth-order valence-corrected chi connectivity index (χ4v) is 3.25. The van der Waals surface area contributed by atoms with Crippen LogP contribution in [0.1, 0.15) is 48.3 Å². The van der Waals surface area contributed by atoms with E-state index in [1.807, 2.05) is 6.92 Å². The van der Waals surface area contributed by atoms with Crippen molar-refractivity contribution in [3.05, 3.63) is 17.5 Å². The predicted octanol–water partition coefficient (Wildman–Crippen LogP) is 0.392. The molecule has 2 saturated heterocycles. The second-order valence-corrected chi connectivity index (χ2v) is 5.91. The standard InChI is InChI=1S/C14H20N4O3/c1-8-5-12(14(20)21-8)18-4-2-3-9(7-18)10-6-11(13(15)19)17-16-10/h6,8-9,12H,2-5,7H2,1H3,(H2,15,19)(H,16,17)/t8-,9+,12-/m1/s1. The number of piperidine rings is 1. The Morgan fingerprint density at radius 3 is 3.00 bits per heavy atom. The Hall–Kier alpha value is -1.89. The molecule has 0 unspecified atom stereocenters. The summed E-state index contributed by atoms with van der Waals surface area (Å²) in [5, 5.41) is 6.83. The van der Waals surface area contributed by atoms with Gasteiger partial charge in [0.25, 0.3) is 5.91 Å². The van der Waals surface area contributed by atoms with E-state index in [-0.39, 0.29) is 29.7 Å². The molecule has 2 aliphatic rings. The number of carbonyl (C=O) groups is 2. The van der Waals surface area contributed by atoms with E-state index < -0.39 is 5.91 Å². The van der Waals surface area contributed by atoms with E-state index >= 15 is 0 Å². The Kier molecular flexibility index (Phi) is 3.67. The Bertz CT molecular complexity index is 556. The highest BCUT2D eigenvalue weighted by Gasteiger charge is 2.38. The van der Waals surface area contributed by atoms with Gasteiger partial charge in [0.15, 0.2) is 0 Å². The average Bonchev–Trinajstić information content (AvgIpc) is 3.06. The SMILES string of the molecule is C[C@@H]1C[C@@H](N2CCC[C@H](c3cc(C(N)=O)n[nH]3)C2)C(=O)O1. The zero-order valence-electron chi connectivity index (χ0n) is 12.0. The molecule has 1 aromatic heterocycles. The molecule has 0 aromatic carbocycles. The predicted molar refractivity (Wildman–Crippen MR) is 74.6 cm³/mol. The molecule has 3 rings (SSSR count). The van der Waals surface area contributed by atoms with Gasteiger partial charge >= 0.3 is 5.97 Å². The number of nitrogens with zero attached hydrogens (tertiary/aromatic N) is 2. The Morgan fingerprint density at radius 2 is 2.38 bits per heavy atom. The number of hydrogen-bond acceptors (Lipinski definition) is 5. The van der Waals surface area contributed by atoms with Crippen molar-refractivity contribution >= 4 is 11.9 Å². The third-order valence-electron chi connectivity index (χ3n) is 4.33.